The molecule has 0 spiro atoms. The van der Waals surface area contributed by atoms with Crippen molar-refractivity contribution in [2.24, 2.45) is 0 Å². The minimum atomic E-state index is -0.761. The van der Waals surface area contributed by atoms with E-state index in [0.717, 1.165) is 0 Å². The lowest BCUT2D eigenvalue weighted by atomic mass is 10.1. The largest absolute Gasteiger partial charge is 0.479 e. The smallest absolute Gasteiger partial charge is 0.349 e. The Morgan fingerprint density at radius 2 is 1.79 bits per heavy atom. The summed E-state index contributed by atoms with van der Waals surface area (Å²) in [7, 11) is 0. The van der Waals surface area contributed by atoms with E-state index in [1.54, 1.807) is 67.6 Å². The van der Waals surface area contributed by atoms with Crippen LogP contribution in [0.2, 0.25) is 0 Å². The van der Waals surface area contributed by atoms with Gasteiger partial charge in [-0.3, -0.25) is 9.59 Å². The van der Waals surface area contributed by atoms with Gasteiger partial charge in [-0.2, -0.15) is 0 Å². The molecule has 34 heavy (non-hydrogen) atoms. The van der Waals surface area contributed by atoms with Crippen LogP contribution in [0.15, 0.2) is 82.0 Å². The molecule has 2 amide bonds. The quantitative estimate of drug-likeness (QED) is 0.455. The van der Waals surface area contributed by atoms with E-state index in [-0.39, 0.29) is 18.0 Å². The van der Waals surface area contributed by atoms with Crippen LogP contribution in [0.5, 0.6) is 5.75 Å². The molecule has 8 heteroatoms. The molecule has 0 fully saturated rings. The SMILES string of the molecule is CC1Oc2ccc(NC(=O)c3cc4ccccc4oc3=O)cc2N(Cc2ccccc2F)C1=O. The van der Waals surface area contributed by atoms with Crippen molar-refractivity contribution in [2.75, 3.05) is 10.2 Å². The minimum Gasteiger partial charge on any atom is -0.479 e. The van der Waals surface area contributed by atoms with Crippen LogP contribution in [0.3, 0.4) is 0 Å². The van der Waals surface area contributed by atoms with Crippen molar-refractivity contribution in [3.8, 4) is 5.75 Å². The Balaban J connectivity index is 1.47. The third kappa shape index (κ3) is 3.90. The van der Waals surface area contributed by atoms with Crippen molar-refractivity contribution in [1.82, 2.24) is 0 Å². The Labute approximate surface area is 193 Å². The Hall–Kier alpha value is -4.46. The van der Waals surface area contributed by atoms with Crippen molar-refractivity contribution in [3.63, 3.8) is 0 Å². The van der Waals surface area contributed by atoms with Crippen molar-refractivity contribution in [3.05, 3.63) is 100 Å². The average molecular weight is 458 g/mol. The lowest BCUT2D eigenvalue weighted by Crippen LogP contribution is -2.44. The Bertz CT molecular complexity index is 1500. The first-order valence-corrected chi connectivity index (χ1v) is 10.6. The fourth-order valence-electron chi connectivity index (χ4n) is 3.86. The number of benzene rings is 3. The summed E-state index contributed by atoms with van der Waals surface area (Å²) in [6.07, 6.45) is -0.748. The maximum atomic E-state index is 14.3. The number of hydrogen-bond donors (Lipinski definition) is 1. The van der Waals surface area contributed by atoms with Gasteiger partial charge in [-0.05, 0) is 43.3 Å². The van der Waals surface area contributed by atoms with E-state index in [1.807, 2.05) is 0 Å². The average Bonchev–Trinajstić information content (AvgIpc) is 2.83. The number of anilines is 2. The molecule has 7 nitrogen and oxygen atoms in total. The van der Waals surface area contributed by atoms with Crippen molar-refractivity contribution in [2.45, 2.75) is 19.6 Å². The lowest BCUT2D eigenvalue weighted by Gasteiger charge is -2.33. The fourth-order valence-corrected chi connectivity index (χ4v) is 3.86. The normalized spacial score (nSPS) is 15.1. The molecular weight excluding hydrogens is 439 g/mol. The Morgan fingerprint density at radius 3 is 2.62 bits per heavy atom. The molecule has 4 aromatic rings. The molecule has 170 valence electrons. The summed E-state index contributed by atoms with van der Waals surface area (Å²) < 4.78 is 25.2. The van der Waals surface area contributed by atoms with Gasteiger partial charge in [0.15, 0.2) is 6.10 Å². The molecule has 1 N–H and O–H groups in total. The molecule has 0 saturated heterocycles. The number of rotatable bonds is 4. The molecule has 1 aliphatic rings. The molecule has 0 aliphatic carbocycles. The molecule has 1 atom stereocenters. The summed E-state index contributed by atoms with van der Waals surface area (Å²) in [5.74, 6) is -0.999. The number of hydrogen-bond acceptors (Lipinski definition) is 5. The van der Waals surface area contributed by atoms with Gasteiger partial charge in [-0.1, -0.05) is 36.4 Å². The summed E-state index contributed by atoms with van der Waals surface area (Å²) in [6, 6.07) is 19.3. The van der Waals surface area contributed by atoms with E-state index in [9.17, 15) is 18.8 Å². The third-order valence-corrected chi connectivity index (χ3v) is 5.60. The zero-order valence-electron chi connectivity index (χ0n) is 18.1. The number of carbonyl (C=O) groups excluding carboxylic acids is 2. The maximum absolute atomic E-state index is 14.3. The summed E-state index contributed by atoms with van der Waals surface area (Å²) in [4.78, 5) is 39.5. The van der Waals surface area contributed by atoms with Gasteiger partial charge in [0.05, 0.1) is 12.2 Å². The molecule has 0 saturated carbocycles. The number of nitrogens with one attached hydrogen (secondary N) is 1. The van der Waals surface area contributed by atoms with E-state index in [0.29, 0.717) is 33.7 Å². The van der Waals surface area contributed by atoms with Gasteiger partial charge in [-0.15, -0.1) is 0 Å². The third-order valence-electron chi connectivity index (χ3n) is 5.60. The van der Waals surface area contributed by atoms with E-state index in [4.69, 9.17) is 9.15 Å². The predicted molar refractivity (Wildman–Crippen MR) is 125 cm³/mol. The van der Waals surface area contributed by atoms with E-state index < -0.39 is 23.5 Å². The number of fused-ring (bicyclic) bond motifs is 2. The maximum Gasteiger partial charge on any atom is 0.349 e. The molecule has 1 aliphatic heterocycles. The standard InChI is InChI=1S/C26H19FN2O5/c1-15-25(31)29(14-17-7-2-4-8-20(17)27)21-13-18(10-11-23(21)33-15)28-24(30)19-12-16-6-3-5-9-22(16)34-26(19)32/h2-13,15H,14H2,1H3,(H,28,30). The van der Waals surface area contributed by atoms with Crippen LogP contribution in [0.25, 0.3) is 11.0 Å². The predicted octanol–water partition coefficient (Wildman–Crippen LogP) is 4.50. The lowest BCUT2D eigenvalue weighted by molar-refractivity contribution is -0.125. The van der Waals surface area contributed by atoms with Crippen molar-refractivity contribution >= 4 is 34.2 Å². The number of carbonyl (C=O) groups is 2. The zero-order chi connectivity index (χ0) is 23.8. The van der Waals surface area contributed by atoms with Crippen LogP contribution >= 0.6 is 0 Å². The van der Waals surface area contributed by atoms with Crippen LogP contribution in [0.1, 0.15) is 22.8 Å². The Morgan fingerprint density at radius 1 is 1.03 bits per heavy atom. The molecule has 0 radical (unpaired) electrons. The van der Waals surface area contributed by atoms with Crippen LogP contribution in [-0.4, -0.2) is 17.9 Å². The van der Waals surface area contributed by atoms with Gasteiger partial charge >= 0.3 is 5.63 Å². The van der Waals surface area contributed by atoms with Crippen molar-refractivity contribution in [1.29, 1.82) is 0 Å². The highest BCUT2D eigenvalue weighted by Crippen LogP contribution is 2.37. The molecule has 1 unspecified atom stereocenters. The van der Waals surface area contributed by atoms with E-state index in [1.165, 1.54) is 17.0 Å². The number of amides is 2. The molecule has 3 aromatic carbocycles. The molecular formula is C26H19FN2O5. The van der Waals surface area contributed by atoms with Crippen LogP contribution in [0.4, 0.5) is 15.8 Å². The van der Waals surface area contributed by atoms with Gasteiger partial charge in [0, 0.05) is 16.6 Å². The summed E-state index contributed by atoms with van der Waals surface area (Å²) in [5.41, 5.74) is 0.532. The van der Waals surface area contributed by atoms with E-state index in [2.05, 4.69) is 5.32 Å². The fraction of sp³-hybridized carbons (Fsp3) is 0.115. The minimum absolute atomic E-state index is 0.00211. The molecule has 5 rings (SSSR count). The zero-order valence-corrected chi connectivity index (χ0v) is 18.1. The topological polar surface area (TPSA) is 88.8 Å². The Kier molecular flexibility index (Phi) is 5.33. The second-order valence-corrected chi connectivity index (χ2v) is 7.90. The summed E-state index contributed by atoms with van der Waals surface area (Å²) in [5, 5.41) is 3.28. The second kappa shape index (κ2) is 8.47. The number of para-hydroxylation sites is 1. The first kappa shape index (κ1) is 21.4. The van der Waals surface area contributed by atoms with E-state index >= 15 is 0 Å². The van der Waals surface area contributed by atoms with Crippen LogP contribution in [-0.2, 0) is 11.3 Å². The summed E-state index contributed by atoms with van der Waals surface area (Å²) >= 11 is 0. The summed E-state index contributed by atoms with van der Waals surface area (Å²) in [6.45, 7) is 1.62. The van der Waals surface area contributed by atoms with Gasteiger partial charge in [-0.25, -0.2) is 9.18 Å². The van der Waals surface area contributed by atoms with Crippen molar-refractivity contribution < 1.29 is 23.1 Å². The second-order valence-electron chi connectivity index (χ2n) is 7.90. The van der Waals surface area contributed by atoms with Crippen LogP contribution in [0, 0.1) is 5.82 Å². The van der Waals surface area contributed by atoms with Gasteiger partial charge < -0.3 is 19.4 Å². The van der Waals surface area contributed by atoms with Crippen LogP contribution < -0.4 is 20.6 Å². The number of ether oxygens (including phenoxy) is 1. The molecule has 2 heterocycles. The highest BCUT2D eigenvalue weighted by atomic mass is 19.1. The van der Waals surface area contributed by atoms with Gasteiger partial charge in [0.25, 0.3) is 11.8 Å². The monoisotopic (exact) mass is 458 g/mol. The molecule has 1 aromatic heterocycles. The highest BCUT2D eigenvalue weighted by Gasteiger charge is 2.32. The first-order valence-electron chi connectivity index (χ1n) is 10.6. The highest BCUT2D eigenvalue weighted by molar-refractivity contribution is 6.06. The van der Waals surface area contributed by atoms with Gasteiger partial charge in [0.2, 0.25) is 0 Å². The number of nitrogens with zero attached hydrogens (tertiary/aromatic N) is 1. The number of halogens is 1. The van der Waals surface area contributed by atoms with Gasteiger partial charge in [0.1, 0.15) is 22.7 Å². The first-order chi connectivity index (χ1) is 16.4. The molecule has 0 bridgehead atoms.